The molecule has 0 bridgehead atoms. The molecule has 1 aromatic heterocycles. The molecule has 1 aromatic carbocycles. The van der Waals surface area contributed by atoms with Crippen molar-refractivity contribution in [1.29, 1.82) is 0 Å². The van der Waals surface area contributed by atoms with Crippen LogP contribution in [0.5, 0.6) is 0 Å². The van der Waals surface area contributed by atoms with Gasteiger partial charge in [-0.3, -0.25) is 9.48 Å². The zero-order valence-electron chi connectivity index (χ0n) is 14.9. The van der Waals surface area contributed by atoms with Crippen molar-refractivity contribution in [3.63, 3.8) is 0 Å². The van der Waals surface area contributed by atoms with E-state index in [-0.39, 0.29) is 17.1 Å². The van der Waals surface area contributed by atoms with Crippen molar-refractivity contribution in [3.8, 4) is 0 Å². The third-order valence-electron chi connectivity index (χ3n) is 5.23. The lowest BCUT2D eigenvalue weighted by Gasteiger charge is -2.38. The average Bonchev–Trinajstić information content (AvgIpc) is 2.86. The van der Waals surface area contributed by atoms with E-state index < -0.39 is 0 Å². The standard InChI is InChI=1S/C19H24FN3O2/c1-13-17(14(2)23(3)22-13)18(24)21-12-19(8-10-25-11-9-19)15-4-6-16(20)7-5-15/h4-7H,8-12H2,1-3H3,(H,21,24). The van der Waals surface area contributed by atoms with E-state index in [9.17, 15) is 9.18 Å². The van der Waals surface area contributed by atoms with Crippen LogP contribution in [0.2, 0.25) is 0 Å². The van der Waals surface area contributed by atoms with Crippen LogP contribution in [0.1, 0.15) is 40.2 Å². The summed E-state index contributed by atoms with van der Waals surface area (Å²) in [5, 5.41) is 7.38. The van der Waals surface area contributed by atoms with Gasteiger partial charge in [0.25, 0.3) is 5.91 Å². The molecule has 1 amide bonds. The molecule has 25 heavy (non-hydrogen) atoms. The van der Waals surface area contributed by atoms with Gasteiger partial charge in [0.05, 0.1) is 11.3 Å². The van der Waals surface area contributed by atoms with Crippen LogP contribution in [-0.2, 0) is 17.2 Å². The number of hydrogen-bond acceptors (Lipinski definition) is 3. The lowest BCUT2D eigenvalue weighted by molar-refractivity contribution is 0.0487. The van der Waals surface area contributed by atoms with Gasteiger partial charge in [0.1, 0.15) is 5.82 Å². The van der Waals surface area contributed by atoms with E-state index in [4.69, 9.17) is 4.74 Å². The molecular formula is C19H24FN3O2. The van der Waals surface area contributed by atoms with Crippen molar-refractivity contribution >= 4 is 5.91 Å². The minimum absolute atomic E-state index is 0.115. The summed E-state index contributed by atoms with van der Waals surface area (Å²) in [5.41, 5.74) is 3.00. The smallest absolute Gasteiger partial charge is 0.255 e. The van der Waals surface area contributed by atoms with Crippen molar-refractivity contribution in [3.05, 3.63) is 52.6 Å². The van der Waals surface area contributed by atoms with Crippen molar-refractivity contribution in [2.24, 2.45) is 7.05 Å². The summed E-state index contributed by atoms with van der Waals surface area (Å²) < 4.78 is 20.5. The van der Waals surface area contributed by atoms with E-state index in [1.165, 1.54) is 12.1 Å². The van der Waals surface area contributed by atoms with Crippen LogP contribution in [0, 0.1) is 19.7 Å². The molecule has 0 spiro atoms. The Morgan fingerprint density at radius 2 is 1.92 bits per heavy atom. The van der Waals surface area contributed by atoms with Gasteiger partial charge < -0.3 is 10.1 Å². The zero-order chi connectivity index (χ0) is 18.0. The minimum Gasteiger partial charge on any atom is -0.381 e. The predicted octanol–water partition coefficient (Wildman–Crippen LogP) is 2.65. The van der Waals surface area contributed by atoms with Crippen molar-refractivity contribution in [2.45, 2.75) is 32.1 Å². The number of ether oxygens (including phenoxy) is 1. The first-order chi connectivity index (χ1) is 11.9. The molecule has 0 saturated carbocycles. The number of nitrogens with one attached hydrogen (secondary N) is 1. The normalized spacial score (nSPS) is 16.6. The van der Waals surface area contributed by atoms with Crippen LogP contribution in [0.3, 0.4) is 0 Å². The predicted molar refractivity (Wildman–Crippen MR) is 93.1 cm³/mol. The molecule has 0 unspecified atom stereocenters. The summed E-state index contributed by atoms with van der Waals surface area (Å²) in [6.45, 7) is 5.50. The highest BCUT2D eigenvalue weighted by atomic mass is 19.1. The van der Waals surface area contributed by atoms with Gasteiger partial charge in [-0.25, -0.2) is 4.39 Å². The molecule has 5 nitrogen and oxygen atoms in total. The second-order valence-electron chi connectivity index (χ2n) is 6.75. The molecule has 1 N–H and O–H groups in total. The van der Waals surface area contributed by atoms with Gasteiger partial charge >= 0.3 is 0 Å². The highest BCUT2D eigenvalue weighted by molar-refractivity contribution is 5.96. The third kappa shape index (κ3) is 3.44. The molecule has 6 heteroatoms. The van der Waals surface area contributed by atoms with E-state index in [0.717, 1.165) is 29.8 Å². The summed E-state index contributed by atoms with van der Waals surface area (Å²) in [6.07, 6.45) is 1.59. The molecular weight excluding hydrogens is 321 g/mol. The zero-order valence-corrected chi connectivity index (χ0v) is 14.9. The van der Waals surface area contributed by atoms with Gasteiger partial charge in [0, 0.05) is 37.9 Å². The second kappa shape index (κ2) is 6.96. The number of nitrogens with zero attached hydrogens (tertiary/aromatic N) is 2. The van der Waals surface area contributed by atoms with Gasteiger partial charge in [0.15, 0.2) is 0 Å². The molecule has 2 aromatic rings. The number of halogens is 1. The Kier molecular flexibility index (Phi) is 4.90. The van der Waals surface area contributed by atoms with Crippen LogP contribution >= 0.6 is 0 Å². The fraction of sp³-hybridized carbons (Fsp3) is 0.474. The largest absolute Gasteiger partial charge is 0.381 e. The Labute approximate surface area is 147 Å². The average molecular weight is 345 g/mol. The molecule has 1 aliphatic heterocycles. The van der Waals surface area contributed by atoms with Crippen LogP contribution in [0.4, 0.5) is 4.39 Å². The van der Waals surface area contributed by atoms with E-state index in [2.05, 4.69) is 10.4 Å². The van der Waals surface area contributed by atoms with Crippen LogP contribution in [-0.4, -0.2) is 35.4 Å². The summed E-state index contributed by atoms with van der Waals surface area (Å²) in [6, 6.07) is 6.58. The fourth-order valence-electron chi connectivity index (χ4n) is 3.57. The second-order valence-corrected chi connectivity index (χ2v) is 6.75. The molecule has 0 aliphatic carbocycles. The van der Waals surface area contributed by atoms with E-state index in [1.54, 1.807) is 4.68 Å². The monoisotopic (exact) mass is 345 g/mol. The van der Waals surface area contributed by atoms with Crippen LogP contribution in [0.15, 0.2) is 24.3 Å². The maximum Gasteiger partial charge on any atom is 0.255 e. The molecule has 0 atom stereocenters. The van der Waals surface area contributed by atoms with Crippen molar-refractivity contribution in [2.75, 3.05) is 19.8 Å². The fourth-order valence-corrected chi connectivity index (χ4v) is 3.57. The van der Waals surface area contributed by atoms with Crippen LogP contribution < -0.4 is 5.32 Å². The van der Waals surface area contributed by atoms with Gasteiger partial charge in [-0.05, 0) is 44.4 Å². The molecule has 1 aliphatic rings. The first kappa shape index (κ1) is 17.6. The van der Waals surface area contributed by atoms with Gasteiger partial charge in [-0.2, -0.15) is 5.10 Å². The number of hydrogen-bond donors (Lipinski definition) is 1. The van der Waals surface area contributed by atoms with E-state index in [0.29, 0.717) is 25.3 Å². The van der Waals surface area contributed by atoms with Crippen molar-refractivity contribution < 1.29 is 13.9 Å². The first-order valence-electron chi connectivity index (χ1n) is 8.55. The highest BCUT2D eigenvalue weighted by Gasteiger charge is 2.35. The number of aromatic nitrogens is 2. The minimum atomic E-state index is -0.253. The van der Waals surface area contributed by atoms with Gasteiger partial charge in [-0.1, -0.05) is 12.1 Å². The van der Waals surface area contributed by atoms with Gasteiger partial charge in [0.2, 0.25) is 0 Å². The Morgan fingerprint density at radius 1 is 1.28 bits per heavy atom. The van der Waals surface area contributed by atoms with Gasteiger partial charge in [-0.15, -0.1) is 0 Å². The number of carbonyl (C=O) groups is 1. The lowest BCUT2D eigenvalue weighted by Crippen LogP contribution is -2.44. The maximum atomic E-state index is 13.3. The number of benzene rings is 1. The molecule has 1 saturated heterocycles. The quantitative estimate of drug-likeness (QED) is 0.927. The Bertz CT molecular complexity index is 762. The number of carbonyl (C=O) groups excluding carboxylic acids is 1. The maximum absolute atomic E-state index is 13.3. The Hall–Kier alpha value is -2.21. The number of aryl methyl sites for hydroxylation is 2. The van der Waals surface area contributed by atoms with E-state index >= 15 is 0 Å². The number of rotatable bonds is 4. The summed E-state index contributed by atoms with van der Waals surface area (Å²) in [7, 11) is 1.83. The highest BCUT2D eigenvalue weighted by Crippen LogP contribution is 2.34. The summed E-state index contributed by atoms with van der Waals surface area (Å²) >= 11 is 0. The topological polar surface area (TPSA) is 56.2 Å². The molecule has 3 rings (SSSR count). The summed E-state index contributed by atoms with van der Waals surface area (Å²) in [4.78, 5) is 12.7. The Balaban J connectivity index is 1.81. The number of amides is 1. The molecule has 1 fully saturated rings. The molecule has 134 valence electrons. The first-order valence-corrected chi connectivity index (χ1v) is 8.55. The van der Waals surface area contributed by atoms with Crippen molar-refractivity contribution in [1.82, 2.24) is 15.1 Å². The van der Waals surface area contributed by atoms with E-state index in [1.807, 2.05) is 33.0 Å². The summed E-state index contributed by atoms with van der Waals surface area (Å²) in [5.74, 6) is -0.368. The third-order valence-corrected chi connectivity index (χ3v) is 5.23. The molecule has 2 heterocycles. The Morgan fingerprint density at radius 3 is 2.48 bits per heavy atom. The molecule has 0 radical (unpaired) electrons. The van der Waals surface area contributed by atoms with Crippen LogP contribution in [0.25, 0.3) is 0 Å². The SMILES string of the molecule is Cc1nn(C)c(C)c1C(=O)NCC1(c2ccc(F)cc2)CCOCC1. The lowest BCUT2D eigenvalue weighted by atomic mass is 9.74.